The Balaban J connectivity index is 2.45. The van der Waals surface area contributed by atoms with Crippen LogP contribution in [0.3, 0.4) is 0 Å². The molecular formula is C13H28N2. The van der Waals surface area contributed by atoms with E-state index in [1.54, 1.807) is 0 Å². The molecule has 1 fully saturated rings. The second-order valence-corrected chi connectivity index (χ2v) is 5.55. The number of hydrogen-bond donors (Lipinski definition) is 1. The molecule has 1 saturated heterocycles. The fraction of sp³-hybridized carbons (Fsp3) is 1.00. The second kappa shape index (κ2) is 5.31. The highest BCUT2D eigenvalue weighted by molar-refractivity contribution is 4.87. The Morgan fingerprint density at radius 3 is 2.27 bits per heavy atom. The lowest BCUT2D eigenvalue weighted by Gasteiger charge is -2.40. The van der Waals surface area contributed by atoms with Crippen LogP contribution in [0.2, 0.25) is 0 Å². The van der Waals surface area contributed by atoms with Gasteiger partial charge in [-0.2, -0.15) is 0 Å². The zero-order valence-corrected chi connectivity index (χ0v) is 10.9. The van der Waals surface area contributed by atoms with Crippen molar-refractivity contribution >= 4 is 0 Å². The molecule has 90 valence electrons. The van der Waals surface area contributed by atoms with Gasteiger partial charge in [-0.3, -0.25) is 0 Å². The van der Waals surface area contributed by atoms with Crippen molar-refractivity contribution < 1.29 is 0 Å². The summed E-state index contributed by atoms with van der Waals surface area (Å²) in [5.74, 6) is 1.72. The highest BCUT2D eigenvalue weighted by Crippen LogP contribution is 2.24. The Hall–Kier alpha value is -0.0800. The van der Waals surface area contributed by atoms with Crippen LogP contribution in [-0.2, 0) is 0 Å². The first-order chi connectivity index (χ1) is 7.00. The third-order valence-electron chi connectivity index (χ3n) is 4.37. The quantitative estimate of drug-likeness (QED) is 0.776. The monoisotopic (exact) mass is 212 g/mol. The van der Waals surface area contributed by atoms with Crippen molar-refractivity contribution in [3.63, 3.8) is 0 Å². The topological polar surface area (TPSA) is 29.3 Å². The van der Waals surface area contributed by atoms with Gasteiger partial charge < -0.3 is 10.6 Å². The van der Waals surface area contributed by atoms with Crippen LogP contribution in [0.1, 0.15) is 47.0 Å². The van der Waals surface area contributed by atoms with E-state index in [1.807, 2.05) is 0 Å². The predicted octanol–water partition coefficient (Wildman–Crippen LogP) is 2.48. The Labute approximate surface area is 95.2 Å². The van der Waals surface area contributed by atoms with Gasteiger partial charge in [0, 0.05) is 18.6 Å². The minimum absolute atomic E-state index is 0.0420. The molecule has 0 spiro atoms. The van der Waals surface area contributed by atoms with Gasteiger partial charge in [0.25, 0.3) is 0 Å². The molecule has 0 radical (unpaired) electrons. The molecule has 2 N–H and O–H groups in total. The summed E-state index contributed by atoms with van der Waals surface area (Å²) >= 11 is 0. The standard InChI is InChI=1S/C13H28N2/c1-5-13(14,6-2)10-15-8-7-11(3)12(4)9-15/h11-12H,5-10,14H2,1-4H3. The van der Waals surface area contributed by atoms with E-state index in [0.29, 0.717) is 0 Å². The molecule has 1 aliphatic rings. The maximum atomic E-state index is 6.37. The van der Waals surface area contributed by atoms with Crippen molar-refractivity contribution in [2.75, 3.05) is 19.6 Å². The van der Waals surface area contributed by atoms with Gasteiger partial charge in [-0.1, -0.05) is 27.7 Å². The maximum Gasteiger partial charge on any atom is 0.0278 e. The predicted molar refractivity (Wildman–Crippen MR) is 66.9 cm³/mol. The number of rotatable bonds is 4. The highest BCUT2D eigenvalue weighted by Gasteiger charge is 2.28. The van der Waals surface area contributed by atoms with Crippen molar-refractivity contribution in [2.24, 2.45) is 17.6 Å². The highest BCUT2D eigenvalue weighted by atomic mass is 15.2. The summed E-state index contributed by atoms with van der Waals surface area (Å²) in [7, 11) is 0. The number of nitrogens with two attached hydrogens (primary N) is 1. The minimum atomic E-state index is 0.0420. The molecule has 0 aromatic heterocycles. The summed E-state index contributed by atoms with van der Waals surface area (Å²) in [6.45, 7) is 12.7. The van der Waals surface area contributed by atoms with Gasteiger partial charge in [-0.15, -0.1) is 0 Å². The van der Waals surface area contributed by atoms with Crippen LogP contribution in [0.15, 0.2) is 0 Å². The molecule has 0 amide bonds. The molecular weight excluding hydrogens is 184 g/mol. The summed E-state index contributed by atoms with van der Waals surface area (Å²) in [6.07, 6.45) is 3.51. The summed E-state index contributed by atoms with van der Waals surface area (Å²) in [4.78, 5) is 2.57. The van der Waals surface area contributed by atoms with E-state index in [4.69, 9.17) is 5.73 Å². The van der Waals surface area contributed by atoms with Crippen LogP contribution >= 0.6 is 0 Å². The Bertz CT molecular complexity index is 187. The van der Waals surface area contributed by atoms with E-state index >= 15 is 0 Å². The summed E-state index contributed by atoms with van der Waals surface area (Å²) in [5.41, 5.74) is 6.41. The largest absolute Gasteiger partial charge is 0.324 e. The zero-order valence-electron chi connectivity index (χ0n) is 10.9. The van der Waals surface area contributed by atoms with E-state index in [2.05, 4.69) is 32.6 Å². The van der Waals surface area contributed by atoms with Crippen molar-refractivity contribution in [1.82, 2.24) is 4.90 Å². The van der Waals surface area contributed by atoms with Crippen molar-refractivity contribution in [3.05, 3.63) is 0 Å². The zero-order chi connectivity index (χ0) is 11.5. The first kappa shape index (κ1) is 13.0. The van der Waals surface area contributed by atoms with E-state index in [0.717, 1.165) is 31.2 Å². The van der Waals surface area contributed by atoms with E-state index in [-0.39, 0.29) is 5.54 Å². The van der Waals surface area contributed by atoms with Crippen molar-refractivity contribution in [1.29, 1.82) is 0 Å². The third-order valence-corrected chi connectivity index (χ3v) is 4.37. The average molecular weight is 212 g/mol. The van der Waals surface area contributed by atoms with Crippen molar-refractivity contribution in [3.8, 4) is 0 Å². The first-order valence-electron chi connectivity index (χ1n) is 6.52. The maximum absolute atomic E-state index is 6.37. The van der Waals surface area contributed by atoms with Crippen LogP contribution in [0.5, 0.6) is 0 Å². The van der Waals surface area contributed by atoms with Crippen LogP contribution in [-0.4, -0.2) is 30.1 Å². The number of hydrogen-bond acceptors (Lipinski definition) is 2. The summed E-state index contributed by atoms with van der Waals surface area (Å²) in [6, 6.07) is 0. The van der Waals surface area contributed by atoms with Gasteiger partial charge in [0.05, 0.1) is 0 Å². The van der Waals surface area contributed by atoms with Gasteiger partial charge >= 0.3 is 0 Å². The fourth-order valence-electron chi connectivity index (χ4n) is 2.41. The smallest absolute Gasteiger partial charge is 0.0278 e. The molecule has 2 unspecified atom stereocenters. The Morgan fingerprint density at radius 1 is 1.20 bits per heavy atom. The Morgan fingerprint density at radius 2 is 1.80 bits per heavy atom. The molecule has 1 rings (SSSR count). The average Bonchev–Trinajstić information content (AvgIpc) is 2.23. The summed E-state index contributed by atoms with van der Waals surface area (Å²) in [5, 5.41) is 0. The van der Waals surface area contributed by atoms with Gasteiger partial charge in [0.2, 0.25) is 0 Å². The van der Waals surface area contributed by atoms with Gasteiger partial charge in [0.15, 0.2) is 0 Å². The fourth-order valence-corrected chi connectivity index (χ4v) is 2.41. The molecule has 2 atom stereocenters. The molecule has 0 aromatic rings. The second-order valence-electron chi connectivity index (χ2n) is 5.55. The van der Waals surface area contributed by atoms with E-state index in [9.17, 15) is 0 Å². The molecule has 2 heteroatoms. The summed E-state index contributed by atoms with van der Waals surface area (Å²) < 4.78 is 0. The lowest BCUT2D eigenvalue weighted by atomic mass is 9.86. The molecule has 1 aliphatic heterocycles. The number of nitrogens with zero attached hydrogens (tertiary/aromatic N) is 1. The van der Waals surface area contributed by atoms with E-state index < -0.39 is 0 Å². The number of piperidine rings is 1. The third kappa shape index (κ3) is 3.46. The van der Waals surface area contributed by atoms with Crippen LogP contribution < -0.4 is 5.73 Å². The lowest BCUT2D eigenvalue weighted by molar-refractivity contribution is 0.109. The number of likely N-dealkylation sites (tertiary alicyclic amines) is 1. The molecule has 1 heterocycles. The van der Waals surface area contributed by atoms with Gasteiger partial charge in [-0.05, 0) is 37.6 Å². The molecule has 0 aliphatic carbocycles. The SMILES string of the molecule is CCC(N)(CC)CN1CCC(C)C(C)C1. The molecule has 0 bridgehead atoms. The molecule has 0 aromatic carbocycles. The van der Waals surface area contributed by atoms with Crippen molar-refractivity contribution in [2.45, 2.75) is 52.5 Å². The Kier molecular flexibility index (Phi) is 4.60. The molecule has 2 nitrogen and oxygen atoms in total. The van der Waals surface area contributed by atoms with E-state index in [1.165, 1.54) is 19.5 Å². The first-order valence-corrected chi connectivity index (χ1v) is 6.52. The van der Waals surface area contributed by atoms with Gasteiger partial charge in [-0.25, -0.2) is 0 Å². The normalized spacial score (nSPS) is 29.4. The van der Waals surface area contributed by atoms with Crippen LogP contribution in [0.25, 0.3) is 0 Å². The van der Waals surface area contributed by atoms with Crippen LogP contribution in [0, 0.1) is 11.8 Å². The molecule has 15 heavy (non-hydrogen) atoms. The lowest BCUT2D eigenvalue weighted by Crippen LogP contribution is -2.52. The minimum Gasteiger partial charge on any atom is -0.324 e. The molecule has 0 saturated carbocycles. The van der Waals surface area contributed by atoms with Gasteiger partial charge in [0.1, 0.15) is 0 Å². The van der Waals surface area contributed by atoms with Crippen LogP contribution in [0.4, 0.5) is 0 Å².